The first kappa shape index (κ1) is 28.7. The number of carbonyl (C=O) groups is 1. The average Bonchev–Trinajstić information content (AvgIpc) is 2.88. The number of nitrogens with zero attached hydrogens (tertiary/aromatic N) is 1. The summed E-state index contributed by atoms with van der Waals surface area (Å²) in [7, 11) is -7.53. The van der Waals surface area contributed by atoms with Crippen molar-refractivity contribution < 1.29 is 21.6 Å². The lowest BCUT2D eigenvalue weighted by molar-refractivity contribution is -0.120. The van der Waals surface area contributed by atoms with Crippen molar-refractivity contribution in [2.45, 2.75) is 23.5 Å². The number of anilines is 2. The highest BCUT2D eigenvalue weighted by atomic mass is 35.5. The van der Waals surface area contributed by atoms with Gasteiger partial charge in [0.2, 0.25) is 15.9 Å². The third-order valence-corrected chi connectivity index (χ3v) is 10.2. The van der Waals surface area contributed by atoms with E-state index in [1.165, 1.54) is 34.6 Å². The van der Waals surface area contributed by atoms with E-state index in [-0.39, 0.29) is 28.1 Å². The van der Waals surface area contributed by atoms with Gasteiger partial charge in [-0.3, -0.25) is 9.52 Å². The summed E-state index contributed by atoms with van der Waals surface area (Å²) in [6.07, 6.45) is 1.06. The second kappa shape index (κ2) is 11.8. The third-order valence-electron chi connectivity index (χ3n) is 6.01. The van der Waals surface area contributed by atoms with Gasteiger partial charge in [0.1, 0.15) is 0 Å². The van der Waals surface area contributed by atoms with Crippen molar-refractivity contribution in [3.63, 3.8) is 0 Å². The van der Waals surface area contributed by atoms with Gasteiger partial charge in [-0.15, -0.1) is 0 Å². The van der Waals surface area contributed by atoms with Gasteiger partial charge < -0.3 is 5.32 Å². The van der Waals surface area contributed by atoms with E-state index in [1.807, 2.05) is 0 Å². The molecule has 1 heterocycles. The van der Waals surface area contributed by atoms with Crippen LogP contribution in [0.2, 0.25) is 15.1 Å². The Kier molecular flexibility index (Phi) is 8.91. The minimum Gasteiger partial charge on any atom is -0.326 e. The molecule has 202 valence electrons. The Morgan fingerprint density at radius 3 is 2.18 bits per heavy atom. The first-order chi connectivity index (χ1) is 17.9. The second-order valence-corrected chi connectivity index (χ2v) is 13.7. The van der Waals surface area contributed by atoms with Gasteiger partial charge in [-0.1, -0.05) is 40.9 Å². The van der Waals surface area contributed by atoms with Crippen molar-refractivity contribution in [3.05, 3.63) is 87.4 Å². The molecule has 0 saturated carbocycles. The zero-order chi connectivity index (χ0) is 27.5. The minimum absolute atomic E-state index is 0.0164. The molecule has 1 saturated heterocycles. The van der Waals surface area contributed by atoms with Crippen LogP contribution in [0, 0.1) is 5.92 Å². The number of amides is 1. The van der Waals surface area contributed by atoms with Gasteiger partial charge in [0.15, 0.2) is 0 Å². The molecule has 1 amide bonds. The Balaban J connectivity index is 1.38. The van der Waals surface area contributed by atoms with Crippen LogP contribution in [0.25, 0.3) is 0 Å². The first-order valence-corrected chi connectivity index (χ1v) is 15.8. The van der Waals surface area contributed by atoms with Gasteiger partial charge in [0.25, 0.3) is 10.0 Å². The summed E-state index contributed by atoms with van der Waals surface area (Å²) in [5.74, 6) is -1.14. The minimum atomic E-state index is -3.84. The fourth-order valence-corrected chi connectivity index (χ4v) is 7.14. The molecule has 0 aliphatic carbocycles. The molecule has 3 aromatic rings. The van der Waals surface area contributed by atoms with E-state index >= 15 is 0 Å². The molecule has 1 aliphatic rings. The second-order valence-electron chi connectivity index (χ2n) is 8.83. The Morgan fingerprint density at radius 1 is 0.868 bits per heavy atom. The molecule has 2 N–H and O–H groups in total. The van der Waals surface area contributed by atoms with Crippen LogP contribution in [0.3, 0.4) is 0 Å². The van der Waals surface area contributed by atoms with Gasteiger partial charge >= 0.3 is 0 Å². The number of halogens is 3. The molecular formula is C25H24Cl3N3O5S2. The van der Waals surface area contributed by atoms with Crippen LogP contribution >= 0.6 is 34.8 Å². The van der Waals surface area contributed by atoms with E-state index < -0.39 is 26.0 Å². The van der Waals surface area contributed by atoms with E-state index in [4.69, 9.17) is 34.8 Å². The number of piperidine rings is 1. The Morgan fingerprint density at radius 2 is 1.53 bits per heavy atom. The Hall–Kier alpha value is -2.34. The van der Waals surface area contributed by atoms with Gasteiger partial charge in [-0.25, -0.2) is 21.1 Å². The SMILES string of the molecule is O=C(Nc1ccc(S(=O)(=O)Nc2ccc(Cl)cc2)cc1)C1CCCN(S(=O)(=O)Cc2ccc(Cl)c(Cl)c2)C1. The molecule has 13 heteroatoms. The van der Waals surface area contributed by atoms with Crippen LogP contribution in [-0.4, -0.2) is 40.1 Å². The molecule has 3 aromatic carbocycles. The predicted octanol–water partition coefficient (Wildman–Crippen LogP) is 5.63. The largest absolute Gasteiger partial charge is 0.326 e. The van der Waals surface area contributed by atoms with E-state index in [2.05, 4.69) is 10.0 Å². The monoisotopic (exact) mass is 615 g/mol. The highest BCUT2D eigenvalue weighted by molar-refractivity contribution is 7.92. The summed E-state index contributed by atoms with van der Waals surface area (Å²) in [6.45, 7) is 0.369. The number of benzene rings is 3. The lowest BCUT2D eigenvalue weighted by Gasteiger charge is -2.31. The smallest absolute Gasteiger partial charge is 0.261 e. The Bertz CT molecular complexity index is 1530. The van der Waals surface area contributed by atoms with Crippen molar-refractivity contribution in [1.29, 1.82) is 0 Å². The molecule has 0 bridgehead atoms. The highest BCUT2D eigenvalue weighted by Crippen LogP contribution is 2.27. The van der Waals surface area contributed by atoms with Gasteiger partial charge in [-0.2, -0.15) is 0 Å². The number of rotatable bonds is 8. The fourth-order valence-electron chi connectivity index (χ4n) is 4.03. The normalized spacial score (nSPS) is 16.7. The van der Waals surface area contributed by atoms with Gasteiger partial charge in [0.05, 0.1) is 26.6 Å². The molecular weight excluding hydrogens is 593 g/mol. The van der Waals surface area contributed by atoms with Crippen LogP contribution < -0.4 is 10.0 Å². The summed E-state index contributed by atoms with van der Waals surface area (Å²) in [5.41, 5.74) is 1.27. The van der Waals surface area contributed by atoms with Crippen LogP contribution in [-0.2, 0) is 30.6 Å². The molecule has 38 heavy (non-hydrogen) atoms. The standard InChI is InChI=1S/C25H24Cl3N3O5S2/c26-19-4-6-21(7-5-19)30-38(35,36)22-10-8-20(9-11-22)29-25(32)18-2-1-13-31(15-18)37(33,34)16-17-3-12-23(27)24(28)14-17/h3-12,14,18,30H,1-2,13,15-16H2,(H,29,32). The fraction of sp³-hybridized carbons (Fsp3) is 0.240. The average molecular weight is 617 g/mol. The van der Waals surface area contributed by atoms with E-state index in [9.17, 15) is 21.6 Å². The van der Waals surface area contributed by atoms with E-state index in [0.717, 1.165) is 0 Å². The van der Waals surface area contributed by atoms with Crippen LogP contribution in [0.4, 0.5) is 11.4 Å². The lowest BCUT2D eigenvalue weighted by Crippen LogP contribution is -2.44. The maximum atomic E-state index is 13.0. The molecule has 4 rings (SSSR count). The quantitative estimate of drug-likeness (QED) is 0.341. The van der Waals surface area contributed by atoms with Crippen molar-refractivity contribution in [1.82, 2.24) is 4.31 Å². The van der Waals surface area contributed by atoms with Gasteiger partial charge in [0, 0.05) is 29.5 Å². The Labute approximate surface area is 237 Å². The molecule has 8 nitrogen and oxygen atoms in total. The number of hydrogen-bond acceptors (Lipinski definition) is 5. The van der Waals surface area contributed by atoms with Gasteiger partial charge in [-0.05, 0) is 79.1 Å². The lowest BCUT2D eigenvalue weighted by atomic mass is 9.99. The topological polar surface area (TPSA) is 113 Å². The molecule has 1 aliphatic heterocycles. The molecule has 0 radical (unpaired) electrons. The summed E-state index contributed by atoms with van der Waals surface area (Å²) in [5, 5.41) is 3.86. The number of carbonyl (C=O) groups excluding carboxylic acids is 1. The van der Waals surface area contributed by atoms with E-state index in [0.29, 0.717) is 46.4 Å². The molecule has 1 atom stereocenters. The summed E-state index contributed by atoms with van der Waals surface area (Å²) in [4.78, 5) is 12.9. The third kappa shape index (κ3) is 7.19. The van der Waals surface area contributed by atoms with Crippen LogP contribution in [0.1, 0.15) is 18.4 Å². The van der Waals surface area contributed by atoms with Crippen LogP contribution in [0.15, 0.2) is 71.6 Å². The highest BCUT2D eigenvalue weighted by Gasteiger charge is 2.32. The number of nitrogens with one attached hydrogen (secondary N) is 2. The predicted molar refractivity (Wildman–Crippen MR) is 151 cm³/mol. The van der Waals surface area contributed by atoms with Crippen molar-refractivity contribution in [2.24, 2.45) is 5.92 Å². The maximum absolute atomic E-state index is 13.0. The summed E-state index contributed by atoms with van der Waals surface area (Å²) in [6, 6.07) is 16.6. The summed E-state index contributed by atoms with van der Waals surface area (Å²) < 4.78 is 55.1. The molecule has 1 fully saturated rings. The number of hydrogen-bond donors (Lipinski definition) is 2. The van der Waals surface area contributed by atoms with Crippen molar-refractivity contribution in [2.75, 3.05) is 23.1 Å². The molecule has 0 spiro atoms. The zero-order valence-electron chi connectivity index (χ0n) is 19.9. The van der Waals surface area contributed by atoms with Crippen LogP contribution in [0.5, 0.6) is 0 Å². The van der Waals surface area contributed by atoms with E-state index in [1.54, 1.807) is 36.4 Å². The molecule has 0 aromatic heterocycles. The first-order valence-electron chi connectivity index (χ1n) is 11.5. The number of sulfonamides is 2. The summed E-state index contributed by atoms with van der Waals surface area (Å²) >= 11 is 17.8. The van der Waals surface area contributed by atoms with Crippen molar-refractivity contribution in [3.8, 4) is 0 Å². The van der Waals surface area contributed by atoms with Crippen molar-refractivity contribution >= 4 is 72.1 Å². The maximum Gasteiger partial charge on any atom is 0.261 e. The zero-order valence-corrected chi connectivity index (χ0v) is 23.8. The molecule has 1 unspecified atom stereocenters.